The van der Waals surface area contributed by atoms with Gasteiger partial charge in [-0.1, -0.05) is 12.1 Å². The van der Waals surface area contributed by atoms with Crippen molar-refractivity contribution in [2.45, 2.75) is 39.7 Å². The third kappa shape index (κ3) is 4.21. The van der Waals surface area contributed by atoms with Crippen LogP contribution in [0.3, 0.4) is 0 Å². The maximum absolute atomic E-state index is 13.0. The van der Waals surface area contributed by atoms with Gasteiger partial charge in [0, 0.05) is 43.3 Å². The number of aryl methyl sites for hydroxylation is 4. The quantitative estimate of drug-likeness (QED) is 0.485. The number of fused-ring (bicyclic) bond motifs is 1. The zero-order valence-electron chi connectivity index (χ0n) is 19.1. The number of nitrogens with zero attached hydrogens (tertiary/aromatic N) is 5. The Morgan fingerprint density at radius 3 is 2.75 bits per heavy atom. The fourth-order valence-corrected chi connectivity index (χ4v) is 4.05. The molecule has 0 bridgehead atoms. The van der Waals surface area contributed by atoms with Crippen molar-refractivity contribution < 1.29 is 9.53 Å². The number of rotatable bonds is 7. The Labute approximate surface area is 187 Å². The fourth-order valence-electron chi connectivity index (χ4n) is 4.05. The molecule has 3 heterocycles. The highest BCUT2D eigenvalue weighted by Gasteiger charge is 2.22. The van der Waals surface area contributed by atoms with E-state index in [1.807, 2.05) is 73.4 Å². The number of hydrogen-bond acceptors (Lipinski definition) is 5. The molecule has 0 saturated carbocycles. The van der Waals surface area contributed by atoms with Crippen molar-refractivity contribution in [2.24, 2.45) is 7.05 Å². The molecule has 3 aromatic heterocycles. The Bertz CT molecular complexity index is 1270. The van der Waals surface area contributed by atoms with Gasteiger partial charge in [-0.3, -0.25) is 4.79 Å². The van der Waals surface area contributed by atoms with E-state index in [2.05, 4.69) is 20.4 Å². The molecule has 1 atom stereocenters. The average Bonchev–Trinajstić information content (AvgIpc) is 3.36. The number of imidazole rings is 1. The molecule has 0 aliphatic rings. The lowest BCUT2D eigenvalue weighted by Crippen LogP contribution is -2.31. The zero-order chi connectivity index (χ0) is 22.8. The van der Waals surface area contributed by atoms with Crippen LogP contribution in [-0.2, 0) is 18.3 Å². The van der Waals surface area contributed by atoms with Crippen LogP contribution in [-0.4, -0.2) is 37.2 Å². The predicted molar refractivity (Wildman–Crippen MR) is 122 cm³/mol. The van der Waals surface area contributed by atoms with E-state index in [0.717, 1.165) is 45.4 Å². The number of methoxy groups -OCH3 is 1. The van der Waals surface area contributed by atoms with E-state index >= 15 is 0 Å². The maximum atomic E-state index is 13.0. The second-order valence-corrected chi connectivity index (χ2v) is 7.99. The van der Waals surface area contributed by atoms with Crippen LogP contribution in [0.25, 0.3) is 5.65 Å². The highest BCUT2D eigenvalue weighted by atomic mass is 16.5. The van der Waals surface area contributed by atoms with E-state index in [0.29, 0.717) is 12.8 Å². The van der Waals surface area contributed by atoms with Gasteiger partial charge in [0.2, 0.25) is 5.91 Å². The third-order valence-electron chi connectivity index (χ3n) is 5.74. The lowest BCUT2D eigenvalue weighted by Gasteiger charge is -2.20. The number of amides is 1. The van der Waals surface area contributed by atoms with E-state index in [1.54, 1.807) is 13.3 Å². The van der Waals surface area contributed by atoms with E-state index in [4.69, 9.17) is 4.74 Å². The first-order valence-electron chi connectivity index (χ1n) is 10.6. The maximum Gasteiger partial charge on any atom is 0.221 e. The minimum Gasteiger partial charge on any atom is -0.497 e. The number of nitrogens with one attached hydrogen (secondary N) is 1. The van der Waals surface area contributed by atoms with Gasteiger partial charge in [-0.25, -0.2) is 14.5 Å². The van der Waals surface area contributed by atoms with Crippen LogP contribution in [0, 0.1) is 20.8 Å². The molecule has 0 aliphatic carbocycles. The first-order valence-corrected chi connectivity index (χ1v) is 10.6. The standard InChI is InChI=1S/C24H28N6O2/c1-15-13-21-26-16(2)20(17(3)30(21)28-15)9-10-22(31)27-23(24-25-11-12-29(24)4)18-7-6-8-19(14-18)32-5/h6-8,11-14,23H,9-10H2,1-5H3,(H,27,31)/t23-/m0/s1. The van der Waals surface area contributed by atoms with Crippen molar-refractivity contribution in [3.63, 3.8) is 0 Å². The normalized spacial score (nSPS) is 12.2. The minimum atomic E-state index is -0.380. The smallest absolute Gasteiger partial charge is 0.221 e. The Morgan fingerprint density at radius 1 is 1.22 bits per heavy atom. The number of carbonyl (C=O) groups excluding carboxylic acids is 1. The van der Waals surface area contributed by atoms with E-state index in [9.17, 15) is 4.79 Å². The molecule has 0 fully saturated rings. The van der Waals surface area contributed by atoms with Crippen LogP contribution in [0.15, 0.2) is 42.7 Å². The van der Waals surface area contributed by atoms with E-state index in [-0.39, 0.29) is 11.9 Å². The van der Waals surface area contributed by atoms with Gasteiger partial charge in [-0.15, -0.1) is 0 Å². The van der Waals surface area contributed by atoms with Crippen LogP contribution in [0.2, 0.25) is 0 Å². The SMILES string of the molecule is COc1cccc([C@H](NC(=O)CCc2c(C)nc3cc(C)nn3c2C)c2nccn2C)c1. The summed E-state index contributed by atoms with van der Waals surface area (Å²) in [6, 6.07) is 9.26. The number of benzene rings is 1. The molecule has 0 spiro atoms. The number of ether oxygens (including phenoxy) is 1. The molecule has 166 valence electrons. The summed E-state index contributed by atoms with van der Waals surface area (Å²) in [6.07, 6.45) is 4.51. The summed E-state index contributed by atoms with van der Waals surface area (Å²) < 4.78 is 9.13. The second kappa shape index (κ2) is 8.82. The summed E-state index contributed by atoms with van der Waals surface area (Å²) in [4.78, 5) is 22.2. The lowest BCUT2D eigenvalue weighted by molar-refractivity contribution is -0.121. The topological polar surface area (TPSA) is 86.3 Å². The fraction of sp³-hybridized carbons (Fsp3) is 0.333. The molecule has 4 rings (SSSR count). The summed E-state index contributed by atoms with van der Waals surface area (Å²) in [5.41, 5.74) is 5.66. The average molecular weight is 433 g/mol. The molecule has 0 saturated heterocycles. The van der Waals surface area contributed by atoms with Crippen molar-refractivity contribution in [3.8, 4) is 5.75 Å². The monoisotopic (exact) mass is 432 g/mol. The Kier molecular flexibility index (Phi) is 5.94. The molecular weight excluding hydrogens is 404 g/mol. The van der Waals surface area contributed by atoms with Gasteiger partial charge in [0.25, 0.3) is 0 Å². The van der Waals surface area contributed by atoms with Crippen molar-refractivity contribution in [3.05, 3.63) is 76.8 Å². The molecule has 8 nitrogen and oxygen atoms in total. The zero-order valence-corrected chi connectivity index (χ0v) is 19.1. The first-order chi connectivity index (χ1) is 15.4. The van der Waals surface area contributed by atoms with Crippen LogP contribution in [0.4, 0.5) is 0 Å². The molecule has 32 heavy (non-hydrogen) atoms. The molecule has 4 aromatic rings. The van der Waals surface area contributed by atoms with Gasteiger partial charge in [-0.05, 0) is 50.5 Å². The van der Waals surface area contributed by atoms with Gasteiger partial charge in [-0.2, -0.15) is 5.10 Å². The van der Waals surface area contributed by atoms with Crippen molar-refractivity contribution >= 4 is 11.6 Å². The van der Waals surface area contributed by atoms with Crippen LogP contribution in [0.5, 0.6) is 5.75 Å². The Balaban J connectivity index is 1.56. The van der Waals surface area contributed by atoms with Crippen LogP contribution >= 0.6 is 0 Å². The van der Waals surface area contributed by atoms with Crippen molar-refractivity contribution in [2.75, 3.05) is 7.11 Å². The van der Waals surface area contributed by atoms with Crippen molar-refractivity contribution in [1.82, 2.24) is 29.5 Å². The molecule has 1 amide bonds. The first kappa shape index (κ1) is 21.5. The highest BCUT2D eigenvalue weighted by molar-refractivity contribution is 5.77. The summed E-state index contributed by atoms with van der Waals surface area (Å²) in [5.74, 6) is 1.43. The summed E-state index contributed by atoms with van der Waals surface area (Å²) in [5, 5.41) is 7.68. The molecule has 0 unspecified atom stereocenters. The van der Waals surface area contributed by atoms with Crippen LogP contribution < -0.4 is 10.1 Å². The number of aromatic nitrogens is 5. The van der Waals surface area contributed by atoms with Crippen LogP contribution in [0.1, 0.15) is 46.5 Å². The van der Waals surface area contributed by atoms with Crippen molar-refractivity contribution in [1.29, 1.82) is 0 Å². The molecular formula is C24H28N6O2. The summed E-state index contributed by atoms with van der Waals surface area (Å²) >= 11 is 0. The van der Waals surface area contributed by atoms with Gasteiger partial charge in [0.15, 0.2) is 5.65 Å². The Morgan fingerprint density at radius 2 is 2.03 bits per heavy atom. The largest absolute Gasteiger partial charge is 0.497 e. The predicted octanol–water partition coefficient (Wildman–Crippen LogP) is 3.24. The Hall–Kier alpha value is -3.68. The van der Waals surface area contributed by atoms with Gasteiger partial charge < -0.3 is 14.6 Å². The van der Waals surface area contributed by atoms with E-state index < -0.39 is 0 Å². The van der Waals surface area contributed by atoms with Gasteiger partial charge >= 0.3 is 0 Å². The molecule has 1 N–H and O–H groups in total. The second-order valence-electron chi connectivity index (χ2n) is 7.99. The number of hydrogen-bond donors (Lipinski definition) is 1. The minimum absolute atomic E-state index is 0.0589. The molecule has 8 heteroatoms. The molecule has 1 aromatic carbocycles. The van der Waals surface area contributed by atoms with Gasteiger partial charge in [0.05, 0.1) is 12.8 Å². The molecule has 0 radical (unpaired) electrons. The lowest BCUT2D eigenvalue weighted by atomic mass is 10.0. The summed E-state index contributed by atoms with van der Waals surface area (Å²) in [7, 11) is 3.55. The van der Waals surface area contributed by atoms with E-state index in [1.165, 1.54) is 0 Å². The van der Waals surface area contributed by atoms with Gasteiger partial charge in [0.1, 0.15) is 17.6 Å². The molecule has 0 aliphatic heterocycles. The number of carbonyl (C=O) groups is 1. The summed E-state index contributed by atoms with van der Waals surface area (Å²) in [6.45, 7) is 5.96. The third-order valence-corrected chi connectivity index (χ3v) is 5.74. The highest BCUT2D eigenvalue weighted by Crippen LogP contribution is 2.25.